The van der Waals surface area contributed by atoms with Gasteiger partial charge in [0.05, 0.1) is 25.0 Å². The summed E-state index contributed by atoms with van der Waals surface area (Å²) >= 11 is 0. The van der Waals surface area contributed by atoms with E-state index in [1.807, 2.05) is 0 Å². The molecule has 0 bridgehead atoms. The van der Waals surface area contributed by atoms with Crippen LogP contribution in [0.25, 0.3) is 0 Å². The van der Waals surface area contributed by atoms with Crippen molar-refractivity contribution >= 4 is 6.09 Å². The Morgan fingerprint density at radius 3 is 2.67 bits per heavy atom. The molecule has 1 aromatic heterocycles. The number of hydrogen-bond donors (Lipinski definition) is 1. The van der Waals surface area contributed by atoms with Gasteiger partial charge in [0.25, 0.3) is 0 Å². The third-order valence-electron chi connectivity index (χ3n) is 5.08. The highest BCUT2D eigenvalue weighted by Crippen LogP contribution is 2.42. The van der Waals surface area contributed by atoms with E-state index in [9.17, 15) is 22.4 Å². The molecular formula is C17H20F4N2O4. The smallest absolute Gasteiger partial charge is 0.427 e. The van der Waals surface area contributed by atoms with Crippen LogP contribution in [0.3, 0.4) is 0 Å². The Morgan fingerprint density at radius 2 is 2.11 bits per heavy atom. The Labute approximate surface area is 153 Å². The van der Waals surface area contributed by atoms with Gasteiger partial charge in [-0.2, -0.15) is 13.2 Å². The molecule has 0 aromatic carbocycles. The molecule has 0 saturated carbocycles. The minimum absolute atomic E-state index is 0.00750. The van der Waals surface area contributed by atoms with E-state index in [2.05, 4.69) is 9.72 Å². The van der Waals surface area contributed by atoms with Crippen molar-refractivity contribution < 1.29 is 36.9 Å². The predicted octanol–water partition coefficient (Wildman–Crippen LogP) is 2.62. The van der Waals surface area contributed by atoms with Crippen molar-refractivity contribution in [2.24, 2.45) is 0 Å². The zero-order valence-electron chi connectivity index (χ0n) is 14.4. The van der Waals surface area contributed by atoms with Gasteiger partial charge in [-0.05, 0) is 31.4 Å². The van der Waals surface area contributed by atoms with E-state index in [4.69, 9.17) is 9.84 Å². The number of aliphatic hydroxyl groups excluding tert-OH is 1. The first-order chi connectivity index (χ1) is 12.7. The highest BCUT2D eigenvalue weighted by molar-refractivity contribution is 5.68. The van der Waals surface area contributed by atoms with Crippen molar-refractivity contribution in [2.45, 2.75) is 43.1 Å². The van der Waals surface area contributed by atoms with Crippen molar-refractivity contribution in [3.8, 4) is 0 Å². The van der Waals surface area contributed by atoms with Gasteiger partial charge in [0.2, 0.25) is 6.10 Å². The van der Waals surface area contributed by atoms with Gasteiger partial charge in [-0.15, -0.1) is 0 Å². The molecule has 1 spiro atoms. The highest BCUT2D eigenvalue weighted by Gasteiger charge is 2.46. The van der Waals surface area contributed by atoms with E-state index >= 15 is 0 Å². The van der Waals surface area contributed by atoms with Crippen LogP contribution in [0, 0.1) is 5.82 Å². The molecule has 1 amide bonds. The average molecular weight is 392 g/mol. The maximum atomic E-state index is 13.0. The molecule has 2 atom stereocenters. The molecule has 2 saturated heterocycles. The average Bonchev–Trinajstić information content (AvgIpc) is 3.03. The SMILES string of the molecule is O=C(O[C@H](CO)C(F)(F)F)N1CCC2(CC1)CC(c1ccc(F)cn1)CO2. The summed E-state index contributed by atoms with van der Waals surface area (Å²) in [6, 6.07) is 2.95. The normalized spacial score (nSPS) is 23.4. The molecule has 6 nitrogen and oxygen atoms in total. The minimum Gasteiger partial charge on any atom is -0.434 e. The number of pyridine rings is 1. The molecule has 1 aromatic rings. The number of ether oxygens (including phenoxy) is 2. The molecule has 2 aliphatic rings. The summed E-state index contributed by atoms with van der Waals surface area (Å²) < 4.78 is 61.2. The third-order valence-corrected chi connectivity index (χ3v) is 5.08. The monoisotopic (exact) mass is 392 g/mol. The number of halogens is 4. The van der Waals surface area contributed by atoms with E-state index in [0.29, 0.717) is 25.9 Å². The number of carbonyl (C=O) groups is 1. The van der Waals surface area contributed by atoms with Crippen LogP contribution in [0.4, 0.5) is 22.4 Å². The van der Waals surface area contributed by atoms with Crippen LogP contribution in [-0.4, -0.2) is 65.3 Å². The van der Waals surface area contributed by atoms with Crippen LogP contribution in [-0.2, 0) is 9.47 Å². The molecule has 0 aliphatic carbocycles. The van der Waals surface area contributed by atoms with Crippen LogP contribution in [0.2, 0.25) is 0 Å². The molecule has 1 N–H and O–H groups in total. The first-order valence-electron chi connectivity index (χ1n) is 8.61. The second-order valence-electron chi connectivity index (χ2n) is 6.88. The maximum absolute atomic E-state index is 13.0. The molecule has 27 heavy (non-hydrogen) atoms. The Kier molecular flexibility index (Phi) is 5.57. The van der Waals surface area contributed by atoms with Gasteiger partial charge in [0.15, 0.2) is 0 Å². The van der Waals surface area contributed by atoms with Crippen LogP contribution in [0.1, 0.15) is 30.9 Å². The van der Waals surface area contributed by atoms with E-state index in [0.717, 1.165) is 11.9 Å². The second-order valence-corrected chi connectivity index (χ2v) is 6.88. The Morgan fingerprint density at radius 1 is 1.41 bits per heavy atom. The van der Waals surface area contributed by atoms with Gasteiger partial charge in [0.1, 0.15) is 5.82 Å². The van der Waals surface area contributed by atoms with Crippen LogP contribution in [0.15, 0.2) is 18.3 Å². The summed E-state index contributed by atoms with van der Waals surface area (Å²) in [6.07, 6.45) is -5.74. The number of alkyl halides is 3. The number of rotatable bonds is 3. The van der Waals surface area contributed by atoms with Gasteiger partial charge in [-0.3, -0.25) is 4.98 Å². The summed E-state index contributed by atoms with van der Waals surface area (Å²) in [5.74, 6) is -0.410. The number of carbonyl (C=O) groups excluding carboxylic acids is 1. The maximum Gasteiger partial charge on any atom is 0.427 e. The molecular weight excluding hydrogens is 372 g/mol. The Bertz CT molecular complexity index is 660. The standard InChI is InChI=1S/C17H20F4N2O4/c18-12-1-2-13(22-8-12)11-7-16(26-10-11)3-5-23(6-4-16)15(25)27-14(9-24)17(19,20)21/h1-2,8,11,14,24H,3-7,9-10H2/t11?,14-/m1/s1. The number of amides is 1. The second kappa shape index (κ2) is 7.59. The topological polar surface area (TPSA) is 71.9 Å². The number of aromatic nitrogens is 1. The van der Waals surface area contributed by atoms with Gasteiger partial charge >= 0.3 is 12.3 Å². The van der Waals surface area contributed by atoms with Crippen molar-refractivity contribution in [1.29, 1.82) is 0 Å². The fraction of sp³-hybridized carbons (Fsp3) is 0.647. The molecule has 3 heterocycles. The Hall–Kier alpha value is -1.94. The number of nitrogens with zero attached hydrogens (tertiary/aromatic N) is 2. The lowest BCUT2D eigenvalue weighted by Crippen LogP contribution is -2.48. The Balaban J connectivity index is 1.54. The summed E-state index contributed by atoms with van der Waals surface area (Å²) in [7, 11) is 0. The zero-order chi connectivity index (χ0) is 19.7. The van der Waals surface area contributed by atoms with Crippen LogP contribution in [0.5, 0.6) is 0 Å². The number of likely N-dealkylation sites (tertiary alicyclic amines) is 1. The number of aliphatic hydroxyl groups is 1. The van der Waals surface area contributed by atoms with Crippen LogP contribution < -0.4 is 0 Å². The minimum atomic E-state index is -4.81. The van der Waals surface area contributed by atoms with E-state index < -0.39 is 36.4 Å². The molecule has 150 valence electrons. The summed E-state index contributed by atoms with van der Waals surface area (Å²) in [5.41, 5.74) is 0.254. The number of hydrogen-bond acceptors (Lipinski definition) is 5. The van der Waals surface area contributed by atoms with Gasteiger partial charge in [0, 0.05) is 24.7 Å². The molecule has 0 radical (unpaired) electrons. The largest absolute Gasteiger partial charge is 0.434 e. The lowest BCUT2D eigenvalue weighted by molar-refractivity contribution is -0.215. The van der Waals surface area contributed by atoms with E-state index in [1.54, 1.807) is 6.07 Å². The highest BCUT2D eigenvalue weighted by atomic mass is 19.4. The van der Waals surface area contributed by atoms with Crippen molar-refractivity contribution in [3.05, 3.63) is 29.8 Å². The van der Waals surface area contributed by atoms with Gasteiger partial charge < -0.3 is 19.5 Å². The zero-order valence-corrected chi connectivity index (χ0v) is 14.4. The lowest BCUT2D eigenvalue weighted by atomic mass is 9.84. The third kappa shape index (κ3) is 4.49. The summed E-state index contributed by atoms with van der Waals surface area (Å²) in [5, 5.41) is 8.77. The molecule has 10 heteroatoms. The molecule has 3 rings (SSSR count). The van der Waals surface area contributed by atoms with Gasteiger partial charge in [-0.25, -0.2) is 9.18 Å². The quantitative estimate of drug-likeness (QED) is 0.801. The summed E-state index contributed by atoms with van der Waals surface area (Å²) in [6.45, 7) is -0.511. The lowest BCUT2D eigenvalue weighted by Gasteiger charge is -2.38. The molecule has 2 fully saturated rings. The fourth-order valence-electron chi connectivity index (χ4n) is 3.51. The number of piperidine rings is 1. The van der Waals surface area contributed by atoms with Crippen molar-refractivity contribution in [1.82, 2.24) is 9.88 Å². The fourth-order valence-corrected chi connectivity index (χ4v) is 3.51. The van der Waals surface area contributed by atoms with Crippen molar-refractivity contribution in [3.63, 3.8) is 0 Å². The summed E-state index contributed by atoms with van der Waals surface area (Å²) in [4.78, 5) is 17.2. The molecule has 2 aliphatic heterocycles. The van der Waals surface area contributed by atoms with E-state index in [1.165, 1.54) is 11.0 Å². The van der Waals surface area contributed by atoms with Crippen molar-refractivity contribution in [2.75, 3.05) is 26.3 Å². The van der Waals surface area contributed by atoms with Gasteiger partial charge in [-0.1, -0.05) is 0 Å². The van der Waals surface area contributed by atoms with Crippen LogP contribution >= 0.6 is 0 Å². The molecule has 1 unspecified atom stereocenters. The first-order valence-corrected chi connectivity index (χ1v) is 8.61. The predicted molar refractivity (Wildman–Crippen MR) is 84.5 cm³/mol. The van der Waals surface area contributed by atoms with E-state index in [-0.39, 0.29) is 19.0 Å². The first kappa shape index (κ1) is 19.8.